The molecule has 1 fully saturated rings. The number of aryl methyl sites for hydroxylation is 1. The minimum atomic E-state index is -1.06. The molecular formula is C27H26N2O2S. The number of nitrogens with zero attached hydrogens (tertiary/aromatic N) is 2. The van der Waals surface area contributed by atoms with Crippen molar-refractivity contribution in [1.82, 2.24) is 4.90 Å². The van der Waals surface area contributed by atoms with Crippen LogP contribution in [0.5, 0.6) is 0 Å². The number of carbonyl (C=O) groups is 2. The molecule has 0 saturated carbocycles. The maximum atomic E-state index is 14.2. The highest BCUT2D eigenvalue weighted by atomic mass is 32.2. The van der Waals surface area contributed by atoms with E-state index in [1.807, 2.05) is 90.7 Å². The van der Waals surface area contributed by atoms with Gasteiger partial charge in [-0.2, -0.15) is 0 Å². The second kappa shape index (κ2) is 7.52. The molecule has 2 aliphatic heterocycles. The third-order valence-electron chi connectivity index (χ3n) is 6.17. The Kier molecular flexibility index (Phi) is 4.90. The highest BCUT2D eigenvalue weighted by molar-refractivity contribution is 8.02. The smallest absolute Gasteiger partial charge is 0.268 e. The van der Waals surface area contributed by atoms with Crippen LogP contribution in [0, 0.1) is 6.92 Å². The van der Waals surface area contributed by atoms with Gasteiger partial charge in [0.25, 0.3) is 11.8 Å². The molecule has 2 amide bonds. The Balaban J connectivity index is 1.62. The number of hydrogen-bond donors (Lipinski definition) is 0. The second-order valence-electron chi connectivity index (χ2n) is 9.16. The quantitative estimate of drug-likeness (QED) is 0.548. The number of benzene rings is 3. The molecule has 5 heteroatoms. The number of anilines is 1. The van der Waals surface area contributed by atoms with E-state index in [4.69, 9.17) is 0 Å². The van der Waals surface area contributed by atoms with Gasteiger partial charge in [-0.3, -0.25) is 9.59 Å². The van der Waals surface area contributed by atoms with E-state index in [1.165, 1.54) is 0 Å². The molecule has 0 aliphatic carbocycles. The summed E-state index contributed by atoms with van der Waals surface area (Å²) in [6.45, 7) is 7.20. The summed E-state index contributed by atoms with van der Waals surface area (Å²) in [6.07, 6.45) is 0. The number of hydrogen-bond acceptors (Lipinski definition) is 3. The van der Waals surface area contributed by atoms with Crippen molar-refractivity contribution >= 4 is 29.3 Å². The first-order chi connectivity index (χ1) is 15.3. The Hall–Kier alpha value is -3.05. The number of para-hydroxylation sites is 1. The van der Waals surface area contributed by atoms with Crippen molar-refractivity contribution in [3.8, 4) is 0 Å². The summed E-state index contributed by atoms with van der Waals surface area (Å²) in [6, 6.07) is 25.5. The first-order valence-electron chi connectivity index (χ1n) is 10.9. The number of rotatable bonds is 3. The molecule has 1 spiro atoms. The Morgan fingerprint density at radius 3 is 2.31 bits per heavy atom. The second-order valence-corrected chi connectivity index (χ2v) is 11.1. The van der Waals surface area contributed by atoms with Crippen LogP contribution in [0.3, 0.4) is 0 Å². The molecule has 3 aromatic carbocycles. The van der Waals surface area contributed by atoms with Gasteiger partial charge in [-0.05, 0) is 44.5 Å². The fourth-order valence-electron chi connectivity index (χ4n) is 4.73. The molecule has 0 radical (unpaired) electrons. The molecule has 1 atom stereocenters. The van der Waals surface area contributed by atoms with Gasteiger partial charge < -0.3 is 9.80 Å². The van der Waals surface area contributed by atoms with E-state index in [9.17, 15) is 9.59 Å². The molecule has 0 aromatic heterocycles. The molecule has 0 bridgehead atoms. The Labute approximate surface area is 193 Å². The largest absolute Gasteiger partial charge is 0.310 e. The highest BCUT2D eigenvalue weighted by Crippen LogP contribution is 2.60. The average Bonchev–Trinajstić information content (AvgIpc) is 3.21. The standard InChI is InChI=1S/C27H26N2O2S/c1-19-13-15-21(16-14-19)24(30)29-18-26(2,3)32-27(29)22-11-7-8-12-23(22)28(25(27)31)17-20-9-5-4-6-10-20/h4-16H,17-18H2,1-3H3/t27-/m1/s1. The van der Waals surface area contributed by atoms with Crippen molar-refractivity contribution in [1.29, 1.82) is 0 Å². The van der Waals surface area contributed by atoms with Crippen molar-refractivity contribution < 1.29 is 9.59 Å². The van der Waals surface area contributed by atoms with Crippen LogP contribution in [-0.2, 0) is 16.2 Å². The average molecular weight is 443 g/mol. The molecule has 0 unspecified atom stereocenters. The monoisotopic (exact) mass is 442 g/mol. The summed E-state index contributed by atoms with van der Waals surface area (Å²) >= 11 is 1.59. The van der Waals surface area contributed by atoms with Crippen molar-refractivity contribution in [3.63, 3.8) is 0 Å². The van der Waals surface area contributed by atoms with E-state index >= 15 is 0 Å². The minimum Gasteiger partial charge on any atom is -0.310 e. The fraction of sp³-hybridized carbons (Fsp3) is 0.259. The topological polar surface area (TPSA) is 40.6 Å². The van der Waals surface area contributed by atoms with Gasteiger partial charge in [0.1, 0.15) is 0 Å². The Morgan fingerprint density at radius 2 is 1.59 bits per heavy atom. The Morgan fingerprint density at radius 1 is 0.938 bits per heavy atom. The first-order valence-corrected chi connectivity index (χ1v) is 11.7. The molecule has 2 aliphatic rings. The van der Waals surface area contributed by atoms with Crippen molar-refractivity contribution in [3.05, 3.63) is 101 Å². The van der Waals surface area contributed by atoms with Crippen molar-refractivity contribution in [2.45, 2.75) is 36.9 Å². The lowest BCUT2D eigenvalue weighted by Crippen LogP contribution is -2.50. The zero-order valence-electron chi connectivity index (χ0n) is 18.5. The van der Waals surface area contributed by atoms with Gasteiger partial charge in [-0.25, -0.2) is 0 Å². The van der Waals surface area contributed by atoms with Gasteiger partial charge in [0, 0.05) is 22.4 Å². The minimum absolute atomic E-state index is 0.0430. The lowest BCUT2D eigenvalue weighted by molar-refractivity contribution is -0.123. The van der Waals surface area contributed by atoms with Crippen LogP contribution < -0.4 is 4.90 Å². The SMILES string of the molecule is Cc1ccc(C(=O)N2CC(C)(C)S[C@]23C(=O)N(Cc2ccccc2)c2ccccc23)cc1. The van der Waals surface area contributed by atoms with Gasteiger partial charge in [0.05, 0.1) is 12.2 Å². The van der Waals surface area contributed by atoms with Crippen LogP contribution >= 0.6 is 11.8 Å². The first kappa shape index (κ1) is 20.8. The van der Waals surface area contributed by atoms with E-state index < -0.39 is 4.87 Å². The third-order valence-corrected chi connectivity index (χ3v) is 7.76. The molecule has 0 N–H and O–H groups in total. The third kappa shape index (κ3) is 3.23. The maximum Gasteiger partial charge on any atom is 0.268 e. The van der Waals surface area contributed by atoms with Crippen LogP contribution in [0.4, 0.5) is 5.69 Å². The number of fused-ring (bicyclic) bond motifs is 2. The zero-order valence-corrected chi connectivity index (χ0v) is 19.4. The van der Waals surface area contributed by atoms with E-state index in [2.05, 4.69) is 13.8 Å². The summed E-state index contributed by atoms with van der Waals surface area (Å²) in [5.41, 5.74) is 4.56. The Bertz CT molecular complexity index is 1190. The zero-order chi connectivity index (χ0) is 22.5. The number of carbonyl (C=O) groups excluding carboxylic acids is 2. The van der Waals surface area contributed by atoms with Gasteiger partial charge in [0.15, 0.2) is 4.87 Å². The molecule has 2 heterocycles. The van der Waals surface area contributed by atoms with Crippen LogP contribution in [0.15, 0.2) is 78.9 Å². The lowest BCUT2D eigenvalue weighted by atomic mass is 10.0. The van der Waals surface area contributed by atoms with Crippen LogP contribution in [0.1, 0.15) is 40.9 Å². The summed E-state index contributed by atoms with van der Waals surface area (Å²) < 4.78 is -0.258. The number of amides is 2. The number of thioether (sulfide) groups is 1. The van der Waals surface area contributed by atoms with Crippen LogP contribution in [0.2, 0.25) is 0 Å². The van der Waals surface area contributed by atoms with Gasteiger partial charge in [-0.1, -0.05) is 66.2 Å². The van der Waals surface area contributed by atoms with Crippen molar-refractivity contribution in [2.24, 2.45) is 0 Å². The van der Waals surface area contributed by atoms with E-state index in [0.29, 0.717) is 18.7 Å². The van der Waals surface area contributed by atoms with Gasteiger partial charge in [0.2, 0.25) is 0 Å². The van der Waals surface area contributed by atoms with E-state index in [-0.39, 0.29) is 16.6 Å². The van der Waals surface area contributed by atoms with Crippen LogP contribution in [0.25, 0.3) is 0 Å². The molecule has 5 rings (SSSR count). The summed E-state index contributed by atoms with van der Waals surface area (Å²) in [4.78, 5) is 30.5. The maximum absolute atomic E-state index is 14.2. The van der Waals surface area contributed by atoms with Gasteiger partial charge in [-0.15, -0.1) is 11.8 Å². The fourth-order valence-corrected chi connectivity index (χ4v) is 6.46. The summed E-state index contributed by atoms with van der Waals surface area (Å²) in [5, 5.41) is 0. The molecule has 1 saturated heterocycles. The summed E-state index contributed by atoms with van der Waals surface area (Å²) in [5.74, 6) is -0.147. The highest BCUT2D eigenvalue weighted by Gasteiger charge is 2.63. The molecular weight excluding hydrogens is 416 g/mol. The van der Waals surface area contributed by atoms with E-state index in [0.717, 1.165) is 22.4 Å². The molecule has 4 nitrogen and oxygen atoms in total. The van der Waals surface area contributed by atoms with E-state index in [1.54, 1.807) is 16.7 Å². The summed E-state index contributed by atoms with van der Waals surface area (Å²) in [7, 11) is 0. The lowest BCUT2D eigenvalue weighted by Gasteiger charge is -2.33. The predicted octanol–water partition coefficient (Wildman–Crippen LogP) is 5.36. The van der Waals surface area contributed by atoms with Crippen molar-refractivity contribution in [2.75, 3.05) is 11.4 Å². The molecule has 3 aromatic rings. The van der Waals surface area contributed by atoms with Gasteiger partial charge >= 0.3 is 0 Å². The predicted molar refractivity (Wildman–Crippen MR) is 130 cm³/mol. The van der Waals surface area contributed by atoms with Crippen LogP contribution in [-0.4, -0.2) is 28.0 Å². The molecule has 162 valence electrons. The molecule has 32 heavy (non-hydrogen) atoms. The normalized spacial score (nSPS) is 21.3.